The second kappa shape index (κ2) is 12.0. The van der Waals surface area contributed by atoms with Gasteiger partial charge < -0.3 is 18.5 Å². The van der Waals surface area contributed by atoms with E-state index in [1.165, 1.54) is 11.4 Å². The molecule has 132 valence electrons. The van der Waals surface area contributed by atoms with Gasteiger partial charge in [-0.1, -0.05) is 11.4 Å². The number of aliphatic imine (C=N–C) groups is 1. The van der Waals surface area contributed by atoms with Gasteiger partial charge in [0.25, 0.3) is 0 Å². The molecule has 0 unspecified atom stereocenters. The zero-order valence-corrected chi connectivity index (χ0v) is 17.1. The molecule has 0 saturated heterocycles. The molecule has 0 N–H and O–H groups in total. The van der Waals surface area contributed by atoms with Crippen molar-refractivity contribution in [3.8, 4) is 0 Å². The highest BCUT2D eigenvalue weighted by atomic mass is 32.9. The van der Waals surface area contributed by atoms with Crippen molar-refractivity contribution in [2.75, 3.05) is 33.0 Å². The van der Waals surface area contributed by atoms with Crippen LogP contribution in [0.1, 0.15) is 41.5 Å². The summed E-state index contributed by atoms with van der Waals surface area (Å²) in [7, 11) is 0. The standard InChI is InChI=1S/C14H30NO4PS2/c1-7-16-13(17-8-2)11-15-12-14(5,6)22-20(21,18-9-3)19-10-4/h12-13H,7-11H2,1-6H3. The van der Waals surface area contributed by atoms with Gasteiger partial charge in [-0.15, -0.1) is 0 Å². The van der Waals surface area contributed by atoms with Crippen LogP contribution in [0.2, 0.25) is 0 Å². The summed E-state index contributed by atoms with van der Waals surface area (Å²) >= 11 is 7.08. The van der Waals surface area contributed by atoms with Crippen LogP contribution in [0.5, 0.6) is 0 Å². The Morgan fingerprint density at radius 1 is 1.05 bits per heavy atom. The van der Waals surface area contributed by atoms with E-state index in [0.717, 1.165) is 0 Å². The molecule has 22 heavy (non-hydrogen) atoms. The third-order valence-electron chi connectivity index (χ3n) is 2.28. The summed E-state index contributed by atoms with van der Waals surface area (Å²) in [6, 6.07) is 0. The molecule has 0 heterocycles. The first-order valence-corrected chi connectivity index (χ1v) is 11.7. The van der Waals surface area contributed by atoms with Gasteiger partial charge >= 0.3 is 0 Å². The van der Waals surface area contributed by atoms with Crippen LogP contribution in [0.3, 0.4) is 0 Å². The van der Waals surface area contributed by atoms with Crippen LogP contribution in [-0.2, 0) is 30.3 Å². The number of hydrogen-bond acceptors (Lipinski definition) is 7. The third kappa shape index (κ3) is 10.3. The number of nitrogens with zero attached hydrogens (tertiary/aromatic N) is 1. The summed E-state index contributed by atoms with van der Waals surface area (Å²) in [6.07, 6.45) is 1.58. The molecule has 0 spiro atoms. The van der Waals surface area contributed by atoms with Crippen molar-refractivity contribution >= 4 is 35.1 Å². The van der Waals surface area contributed by atoms with Crippen LogP contribution in [-0.4, -0.2) is 50.2 Å². The van der Waals surface area contributed by atoms with Gasteiger partial charge in [0.05, 0.1) is 24.5 Å². The highest BCUT2D eigenvalue weighted by Crippen LogP contribution is 2.64. The van der Waals surface area contributed by atoms with Crippen molar-refractivity contribution in [3.05, 3.63) is 0 Å². The molecular formula is C14H30NO4PS2. The van der Waals surface area contributed by atoms with Crippen molar-refractivity contribution < 1.29 is 18.5 Å². The molecule has 0 aliphatic rings. The van der Waals surface area contributed by atoms with E-state index in [4.69, 9.17) is 30.3 Å². The number of rotatable bonds is 13. The molecule has 8 heteroatoms. The predicted molar refractivity (Wildman–Crippen MR) is 99.6 cm³/mol. The van der Waals surface area contributed by atoms with Crippen LogP contribution < -0.4 is 0 Å². The maximum Gasteiger partial charge on any atom is 0.248 e. The lowest BCUT2D eigenvalue weighted by atomic mass is 10.2. The molecule has 0 atom stereocenters. The molecule has 0 aromatic rings. The summed E-state index contributed by atoms with van der Waals surface area (Å²) < 4.78 is 22.0. The Morgan fingerprint density at radius 2 is 1.55 bits per heavy atom. The van der Waals surface area contributed by atoms with E-state index in [1.54, 1.807) is 0 Å². The van der Waals surface area contributed by atoms with Crippen molar-refractivity contribution in [3.63, 3.8) is 0 Å². The number of hydrogen-bond donors (Lipinski definition) is 0. The molecule has 0 fully saturated rings. The first-order chi connectivity index (χ1) is 10.3. The van der Waals surface area contributed by atoms with Gasteiger partial charge in [-0.2, -0.15) is 0 Å². The zero-order valence-electron chi connectivity index (χ0n) is 14.5. The van der Waals surface area contributed by atoms with Gasteiger partial charge in [-0.3, -0.25) is 4.99 Å². The van der Waals surface area contributed by atoms with E-state index in [2.05, 4.69) is 18.8 Å². The van der Waals surface area contributed by atoms with Crippen molar-refractivity contribution in [1.82, 2.24) is 0 Å². The van der Waals surface area contributed by atoms with Crippen LogP contribution in [0.15, 0.2) is 4.99 Å². The normalized spacial score (nSPS) is 13.4. The Bertz CT molecular complexity index is 351. The van der Waals surface area contributed by atoms with Gasteiger partial charge in [0.1, 0.15) is 0 Å². The smallest absolute Gasteiger partial charge is 0.248 e. The second-order valence-corrected chi connectivity index (χ2v) is 11.6. The lowest BCUT2D eigenvalue weighted by molar-refractivity contribution is -0.128. The van der Waals surface area contributed by atoms with E-state index in [9.17, 15) is 0 Å². The van der Waals surface area contributed by atoms with Crippen LogP contribution in [0, 0.1) is 0 Å². The Labute approximate surface area is 144 Å². The summed E-state index contributed by atoms with van der Waals surface area (Å²) in [5.41, 5.74) is -2.33. The third-order valence-corrected chi connectivity index (χ3v) is 8.25. The quantitative estimate of drug-likeness (QED) is 0.274. The van der Waals surface area contributed by atoms with Gasteiger partial charge in [0.15, 0.2) is 6.29 Å². The van der Waals surface area contributed by atoms with E-state index in [-0.39, 0.29) is 11.0 Å². The molecule has 0 aliphatic carbocycles. The van der Waals surface area contributed by atoms with Crippen molar-refractivity contribution in [1.29, 1.82) is 0 Å². The molecular weight excluding hydrogens is 341 g/mol. The number of ether oxygens (including phenoxy) is 2. The molecule has 0 saturated carbocycles. The molecule has 0 aromatic carbocycles. The van der Waals surface area contributed by atoms with Crippen molar-refractivity contribution in [2.45, 2.75) is 52.6 Å². The second-order valence-electron chi connectivity index (χ2n) is 4.81. The minimum Gasteiger partial charge on any atom is -0.351 e. The summed E-state index contributed by atoms with van der Waals surface area (Å²) in [4.78, 5) is 4.45. The molecule has 0 aliphatic heterocycles. The first kappa shape index (κ1) is 22.5. The maximum absolute atomic E-state index is 5.67. The average Bonchev–Trinajstić information content (AvgIpc) is 2.38. The summed E-state index contributed by atoms with van der Waals surface area (Å²) in [5, 5.41) is 0. The van der Waals surface area contributed by atoms with E-state index >= 15 is 0 Å². The largest absolute Gasteiger partial charge is 0.351 e. The SMILES string of the molecule is CCOC(CN=CC(C)(C)SP(=S)(OCC)OCC)OCC. The molecule has 5 nitrogen and oxygen atoms in total. The predicted octanol–water partition coefficient (Wildman–Crippen LogP) is 4.27. The van der Waals surface area contributed by atoms with Crippen molar-refractivity contribution in [2.24, 2.45) is 4.99 Å². The molecule has 0 radical (unpaired) electrons. The zero-order chi connectivity index (χ0) is 17.1. The van der Waals surface area contributed by atoms with Gasteiger partial charge in [0.2, 0.25) is 5.69 Å². The lowest BCUT2D eigenvalue weighted by Gasteiger charge is -2.27. The Morgan fingerprint density at radius 3 is 1.95 bits per heavy atom. The fraction of sp³-hybridized carbons (Fsp3) is 0.929. The first-order valence-electron chi connectivity index (χ1n) is 7.66. The van der Waals surface area contributed by atoms with E-state index < -0.39 is 5.69 Å². The molecule has 0 bridgehead atoms. The fourth-order valence-corrected chi connectivity index (χ4v) is 8.29. The van der Waals surface area contributed by atoms with Gasteiger partial charge in [-0.05, 0) is 53.3 Å². The van der Waals surface area contributed by atoms with Crippen LogP contribution in [0.25, 0.3) is 0 Å². The fourth-order valence-electron chi connectivity index (χ4n) is 1.60. The van der Waals surface area contributed by atoms with Crippen LogP contribution in [0.4, 0.5) is 0 Å². The highest BCUT2D eigenvalue weighted by Gasteiger charge is 2.29. The molecule has 0 rings (SSSR count). The Balaban J connectivity index is 4.64. The molecule has 0 amide bonds. The lowest BCUT2D eigenvalue weighted by Crippen LogP contribution is -2.23. The summed E-state index contributed by atoms with van der Waals surface area (Å²) in [5.74, 6) is 0. The van der Waals surface area contributed by atoms with Crippen LogP contribution >= 0.6 is 17.1 Å². The maximum atomic E-state index is 5.67. The molecule has 0 aromatic heterocycles. The van der Waals surface area contributed by atoms with Gasteiger partial charge in [0, 0.05) is 19.4 Å². The average molecular weight is 372 g/mol. The van der Waals surface area contributed by atoms with E-state index in [0.29, 0.717) is 33.0 Å². The minimum atomic E-state index is -2.33. The Kier molecular flexibility index (Phi) is 12.2. The minimum absolute atomic E-state index is 0.275. The summed E-state index contributed by atoms with van der Waals surface area (Å²) in [6.45, 7) is 14.6. The monoisotopic (exact) mass is 371 g/mol. The van der Waals surface area contributed by atoms with Gasteiger partial charge in [-0.25, -0.2) is 0 Å². The topological polar surface area (TPSA) is 49.3 Å². The Hall–Kier alpha value is 0.510. The highest BCUT2D eigenvalue weighted by molar-refractivity contribution is 8.68. The van der Waals surface area contributed by atoms with E-state index in [1.807, 2.05) is 33.9 Å².